The second kappa shape index (κ2) is 5.61. The quantitative estimate of drug-likeness (QED) is 0.686. The third kappa shape index (κ3) is 2.93. The molecule has 0 spiro atoms. The number of carbonyl (C=O) groups is 1. The van der Waals surface area contributed by atoms with Crippen LogP contribution in [-0.4, -0.2) is 55.7 Å². The normalized spacial score (nSPS) is 26.2. The number of carbonyl (C=O) groups excluding carboxylic acids is 1. The van der Waals surface area contributed by atoms with Crippen LogP contribution in [-0.2, 0) is 9.53 Å². The number of hydrogen-bond donors (Lipinski definition) is 2. The van der Waals surface area contributed by atoms with E-state index in [0.717, 1.165) is 13.0 Å². The fraction of sp³-hybridized carbons (Fsp3) is 0.909. The molecule has 0 aliphatic carbocycles. The summed E-state index contributed by atoms with van der Waals surface area (Å²) in [4.78, 5) is 14.0. The summed E-state index contributed by atoms with van der Waals surface area (Å²) in [5, 5.41) is 2.91. The molecule has 0 aromatic rings. The number of nitrogens with one attached hydrogen (secondary N) is 1. The highest BCUT2D eigenvalue weighted by molar-refractivity contribution is 5.82. The molecule has 0 radical (unpaired) electrons. The predicted molar refractivity (Wildman–Crippen MR) is 63.1 cm³/mol. The zero-order chi connectivity index (χ0) is 12.2. The van der Waals surface area contributed by atoms with Gasteiger partial charge in [-0.2, -0.15) is 0 Å². The molecule has 16 heavy (non-hydrogen) atoms. The lowest BCUT2D eigenvalue weighted by molar-refractivity contribution is -0.127. The molecule has 1 fully saturated rings. The lowest BCUT2D eigenvalue weighted by Gasteiger charge is -2.40. The monoisotopic (exact) mass is 229 g/mol. The Balaban J connectivity index is 2.84. The summed E-state index contributed by atoms with van der Waals surface area (Å²) in [6.07, 6.45) is 0.930. The number of ether oxygens (including phenoxy) is 1. The van der Waals surface area contributed by atoms with E-state index in [2.05, 4.69) is 24.1 Å². The second-order valence-corrected chi connectivity index (χ2v) is 4.79. The van der Waals surface area contributed by atoms with Crippen LogP contribution in [0.3, 0.4) is 0 Å². The Bertz CT molecular complexity index is 243. The van der Waals surface area contributed by atoms with Crippen LogP contribution in [0.2, 0.25) is 0 Å². The van der Waals surface area contributed by atoms with E-state index in [1.807, 2.05) is 0 Å². The largest absolute Gasteiger partial charge is 0.383 e. The Morgan fingerprint density at radius 1 is 1.62 bits per heavy atom. The Morgan fingerprint density at radius 2 is 2.31 bits per heavy atom. The molecule has 1 aliphatic heterocycles. The van der Waals surface area contributed by atoms with E-state index in [4.69, 9.17) is 10.5 Å². The highest BCUT2D eigenvalue weighted by atomic mass is 16.5. The van der Waals surface area contributed by atoms with Gasteiger partial charge in [0.15, 0.2) is 0 Å². The van der Waals surface area contributed by atoms with E-state index < -0.39 is 0 Å². The maximum atomic E-state index is 11.8. The van der Waals surface area contributed by atoms with Gasteiger partial charge in [-0.15, -0.1) is 0 Å². The lowest BCUT2D eigenvalue weighted by Crippen LogP contribution is -2.56. The average molecular weight is 229 g/mol. The number of methoxy groups -OCH3 is 1. The minimum atomic E-state index is -0.243. The molecule has 1 atom stereocenters. The first-order valence-electron chi connectivity index (χ1n) is 5.76. The van der Waals surface area contributed by atoms with Crippen LogP contribution in [0.25, 0.3) is 0 Å². The molecule has 1 unspecified atom stereocenters. The highest BCUT2D eigenvalue weighted by Crippen LogP contribution is 2.23. The van der Waals surface area contributed by atoms with Crippen molar-refractivity contribution in [3.63, 3.8) is 0 Å². The summed E-state index contributed by atoms with van der Waals surface area (Å²) in [6.45, 7) is 6.70. The third-order valence-corrected chi connectivity index (χ3v) is 3.25. The molecule has 1 aliphatic rings. The zero-order valence-electron chi connectivity index (χ0n) is 10.5. The number of nitrogens with zero attached hydrogens (tertiary/aromatic N) is 1. The van der Waals surface area contributed by atoms with Crippen molar-refractivity contribution in [2.45, 2.75) is 31.8 Å². The van der Waals surface area contributed by atoms with Gasteiger partial charge in [0.05, 0.1) is 6.61 Å². The van der Waals surface area contributed by atoms with Crippen molar-refractivity contribution in [1.29, 1.82) is 0 Å². The van der Waals surface area contributed by atoms with Crippen molar-refractivity contribution in [2.24, 2.45) is 5.73 Å². The topological polar surface area (TPSA) is 67.6 Å². The first-order valence-corrected chi connectivity index (χ1v) is 5.76. The van der Waals surface area contributed by atoms with Crippen LogP contribution in [0.5, 0.6) is 0 Å². The van der Waals surface area contributed by atoms with E-state index >= 15 is 0 Å². The molecule has 1 heterocycles. The second-order valence-electron chi connectivity index (χ2n) is 4.79. The van der Waals surface area contributed by atoms with E-state index in [0.29, 0.717) is 19.7 Å². The summed E-state index contributed by atoms with van der Waals surface area (Å²) in [5.41, 5.74) is 5.68. The molecule has 94 valence electrons. The predicted octanol–water partition coefficient (Wildman–Crippen LogP) is -0.439. The summed E-state index contributed by atoms with van der Waals surface area (Å²) >= 11 is 0. The van der Waals surface area contributed by atoms with Gasteiger partial charge in [-0.25, -0.2) is 0 Å². The molecule has 5 heteroatoms. The first kappa shape index (κ1) is 13.4. The van der Waals surface area contributed by atoms with Crippen LogP contribution in [0.15, 0.2) is 0 Å². The van der Waals surface area contributed by atoms with Crippen molar-refractivity contribution >= 4 is 5.91 Å². The SMILES string of the molecule is COCCN1C(CN)C(=O)NCCC1(C)C. The van der Waals surface area contributed by atoms with E-state index in [1.165, 1.54) is 0 Å². The lowest BCUT2D eigenvalue weighted by atomic mass is 9.97. The van der Waals surface area contributed by atoms with Crippen LogP contribution in [0.4, 0.5) is 0 Å². The maximum absolute atomic E-state index is 11.8. The summed E-state index contributed by atoms with van der Waals surface area (Å²) in [5.74, 6) is 0.0316. The number of amides is 1. The molecule has 1 rings (SSSR count). The Kier molecular flexibility index (Phi) is 4.70. The fourth-order valence-electron chi connectivity index (χ4n) is 2.20. The van der Waals surface area contributed by atoms with Gasteiger partial charge in [0.1, 0.15) is 6.04 Å². The van der Waals surface area contributed by atoms with Crippen molar-refractivity contribution in [1.82, 2.24) is 10.2 Å². The number of nitrogens with two attached hydrogens (primary N) is 1. The van der Waals surface area contributed by atoms with E-state index in [9.17, 15) is 4.79 Å². The summed E-state index contributed by atoms with van der Waals surface area (Å²) in [7, 11) is 1.67. The molecule has 1 saturated heterocycles. The fourth-order valence-corrected chi connectivity index (χ4v) is 2.20. The Hall–Kier alpha value is -0.650. The molecule has 1 amide bonds. The summed E-state index contributed by atoms with van der Waals surface area (Å²) in [6, 6.07) is -0.243. The van der Waals surface area contributed by atoms with Gasteiger partial charge in [-0.3, -0.25) is 9.69 Å². The van der Waals surface area contributed by atoms with Crippen LogP contribution < -0.4 is 11.1 Å². The molecule has 3 N–H and O–H groups in total. The van der Waals surface area contributed by atoms with Gasteiger partial charge in [-0.1, -0.05) is 0 Å². The van der Waals surface area contributed by atoms with Crippen molar-refractivity contribution < 1.29 is 9.53 Å². The van der Waals surface area contributed by atoms with E-state index in [-0.39, 0.29) is 17.5 Å². The average Bonchev–Trinajstić information content (AvgIpc) is 2.32. The first-order chi connectivity index (χ1) is 7.53. The molecule has 0 bridgehead atoms. The molecule has 0 aromatic carbocycles. The van der Waals surface area contributed by atoms with Gasteiger partial charge in [0, 0.05) is 32.3 Å². The molecular formula is C11H23N3O2. The minimum absolute atomic E-state index is 0.0261. The minimum Gasteiger partial charge on any atom is -0.383 e. The van der Waals surface area contributed by atoms with Crippen molar-refractivity contribution in [3.8, 4) is 0 Å². The van der Waals surface area contributed by atoms with Gasteiger partial charge in [-0.05, 0) is 20.3 Å². The van der Waals surface area contributed by atoms with Crippen molar-refractivity contribution in [3.05, 3.63) is 0 Å². The van der Waals surface area contributed by atoms with Crippen LogP contribution in [0, 0.1) is 0 Å². The maximum Gasteiger partial charge on any atom is 0.238 e. The van der Waals surface area contributed by atoms with Crippen molar-refractivity contribution in [2.75, 3.05) is 33.4 Å². The standard InChI is InChI=1S/C11H23N3O2/c1-11(2)4-5-13-10(15)9(8-12)14(11)6-7-16-3/h9H,4-8,12H2,1-3H3,(H,13,15). The van der Waals surface area contributed by atoms with Gasteiger partial charge >= 0.3 is 0 Å². The molecule has 0 aromatic heterocycles. The smallest absolute Gasteiger partial charge is 0.238 e. The van der Waals surface area contributed by atoms with Crippen LogP contribution in [0.1, 0.15) is 20.3 Å². The third-order valence-electron chi connectivity index (χ3n) is 3.25. The van der Waals surface area contributed by atoms with Crippen LogP contribution >= 0.6 is 0 Å². The number of rotatable bonds is 4. The van der Waals surface area contributed by atoms with Gasteiger partial charge in [0.25, 0.3) is 0 Å². The summed E-state index contributed by atoms with van der Waals surface area (Å²) < 4.78 is 5.09. The van der Waals surface area contributed by atoms with Gasteiger partial charge in [0.2, 0.25) is 5.91 Å². The zero-order valence-corrected chi connectivity index (χ0v) is 10.5. The van der Waals surface area contributed by atoms with Gasteiger partial charge < -0.3 is 15.8 Å². The molecule has 0 saturated carbocycles. The Morgan fingerprint density at radius 3 is 2.88 bits per heavy atom. The molecule has 5 nitrogen and oxygen atoms in total. The number of hydrogen-bond acceptors (Lipinski definition) is 4. The Labute approximate surface area is 97.3 Å². The van der Waals surface area contributed by atoms with E-state index in [1.54, 1.807) is 7.11 Å². The molecular weight excluding hydrogens is 206 g/mol. The highest BCUT2D eigenvalue weighted by Gasteiger charge is 2.37.